The van der Waals surface area contributed by atoms with Crippen LogP contribution in [0.25, 0.3) is 0 Å². The average molecular weight is 164 g/mol. The molecule has 0 saturated carbocycles. The van der Waals surface area contributed by atoms with Crippen molar-refractivity contribution in [2.75, 3.05) is 19.7 Å². The van der Waals surface area contributed by atoms with E-state index in [1.807, 2.05) is 4.90 Å². The molecule has 1 heterocycles. The standard InChI is InChI=1S/C7H12F2NO/c1-10-3-2-6(4-10)11-5-7(8)9/h6-7H,1-5H2/q-1/t6-/m0/s1. The van der Waals surface area contributed by atoms with Gasteiger partial charge in [-0.05, 0) is 19.5 Å². The molecule has 0 amide bonds. The summed E-state index contributed by atoms with van der Waals surface area (Å²) in [4.78, 5) is 1.83. The van der Waals surface area contributed by atoms with E-state index in [1.54, 1.807) is 0 Å². The molecular formula is C7H12F2NO-. The van der Waals surface area contributed by atoms with Gasteiger partial charge in [0.15, 0.2) is 0 Å². The summed E-state index contributed by atoms with van der Waals surface area (Å²) in [6.07, 6.45) is -1.58. The van der Waals surface area contributed by atoms with E-state index in [-0.39, 0.29) is 6.10 Å². The largest absolute Gasteiger partial charge is 0.457 e. The highest BCUT2D eigenvalue weighted by molar-refractivity contribution is 4.74. The Morgan fingerprint density at radius 2 is 2.36 bits per heavy atom. The van der Waals surface area contributed by atoms with Crippen LogP contribution in [-0.4, -0.2) is 37.1 Å². The zero-order valence-corrected chi connectivity index (χ0v) is 6.30. The Labute approximate surface area is 65.1 Å². The van der Waals surface area contributed by atoms with Crippen LogP contribution >= 0.6 is 0 Å². The monoisotopic (exact) mass is 164 g/mol. The van der Waals surface area contributed by atoms with Gasteiger partial charge in [0.2, 0.25) is 0 Å². The van der Waals surface area contributed by atoms with Gasteiger partial charge in [-0.1, -0.05) is 0 Å². The topological polar surface area (TPSA) is 12.5 Å². The first-order valence-electron chi connectivity index (χ1n) is 3.63. The molecule has 11 heavy (non-hydrogen) atoms. The lowest BCUT2D eigenvalue weighted by Gasteiger charge is -2.16. The van der Waals surface area contributed by atoms with Crippen LogP contribution in [0.15, 0.2) is 0 Å². The molecule has 0 radical (unpaired) electrons. The van der Waals surface area contributed by atoms with E-state index in [0.29, 0.717) is 6.54 Å². The van der Waals surface area contributed by atoms with E-state index in [4.69, 9.17) is 4.74 Å². The molecule has 2 nitrogen and oxygen atoms in total. The van der Waals surface area contributed by atoms with Crippen molar-refractivity contribution in [1.29, 1.82) is 0 Å². The minimum atomic E-state index is -2.35. The third kappa shape index (κ3) is 3.12. The van der Waals surface area contributed by atoms with E-state index in [1.165, 1.54) is 0 Å². The lowest BCUT2D eigenvalue weighted by Crippen LogP contribution is -2.20. The van der Waals surface area contributed by atoms with Crippen LogP contribution in [0.4, 0.5) is 8.78 Å². The minimum absolute atomic E-state index is 0.0403. The molecule has 0 aromatic heterocycles. The molecule has 1 aliphatic heterocycles. The number of hydrogen-bond acceptors (Lipinski definition) is 2. The number of ether oxygens (including phenoxy) is 1. The maximum Gasteiger partial charge on any atom is 0.261 e. The molecule has 0 spiro atoms. The summed E-state index contributed by atoms with van der Waals surface area (Å²) in [5.41, 5.74) is 0. The smallest absolute Gasteiger partial charge is 0.261 e. The third-order valence-electron chi connectivity index (χ3n) is 1.69. The molecular weight excluding hydrogens is 152 g/mol. The fourth-order valence-corrected chi connectivity index (χ4v) is 1.14. The molecule has 4 heteroatoms. The molecule has 1 saturated heterocycles. The Hall–Kier alpha value is -0.220. The molecule has 0 N–H and O–H groups in total. The molecule has 0 bridgehead atoms. The van der Waals surface area contributed by atoms with Crippen molar-refractivity contribution in [3.8, 4) is 0 Å². The van der Waals surface area contributed by atoms with Gasteiger partial charge in [-0.25, -0.2) is 8.78 Å². The van der Waals surface area contributed by atoms with Crippen LogP contribution < -0.4 is 0 Å². The van der Waals surface area contributed by atoms with E-state index in [2.05, 4.69) is 7.05 Å². The van der Waals surface area contributed by atoms with Gasteiger partial charge in [0.05, 0.1) is 6.10 Å². The number of nitrogens with zero attached hydrogens (tertiary/aromatic N) is 1. The molecule has 66 valence electrons. The Bertz CT molecular complexity index is 121. The van der Waals surface area contributed by atoms with Crippen LogP contribution in [0.1, 0.15) is 6.42 Å². The quantitative estimate of drug-likeness (QED) is 0.580. The van der Waals surface area contributed by atoms with Crippen LogP contribution in [-0.2, 0) is 4.74 Å². The first-order chi connectivity index (χ1) is 5.18. The predicted molar refractivity (Wildman–Crippen MR) is 37.3 cm³/mol. The molecule has 0 aromatic carbocycles. The fraction of sp³-hybridized carbons (Fsp3) is 0.857. The Balaban J connectivity index is 2.08. The normalized spacial score (nSPS) is 26.7. The lowest BCUT2D eigenvalue weighted by atomic mass is 10.3. The summed E-state index contributed by atoms with van der Waals surface area (Å²) in [6.45, 7) is 1.07. The van der Waals surface area contributed by atoms with Crippen molar-refractivity contribution in [3.63, 3.8) is 0 Å². The van der Waals surface area contributed by atoms with E-state index in [9.17, 15) is 8.78 Å². The zero-order valence-electron chi connectivity index (χ0n) is 6.30. The molecule has 1 fully saturated rings. The second-order valence-corrected chi connectivity index (χ2v) is 2.71. The van der Waals surface area contributed by atoms with Crippen molar-refractivity contribution in [3.05, 3.63) is 7.05 Å². The number of alkyl halides is 2. The summed E-state index contributed by atoms with van der Waals surface area (Å²) in [5, 5.41) is 0. The van der Waals surface area contributed by atoms with Crippen LogP contribution in [0, 0.1) is 7.05 Å². The van der Waals surface area contributed by atoms with Gasteiger partial charge in [-0.15, -0.1) is 0 Å². The van der Waals surface area contributed by atoms with Crippen molar-refractivity contribution in [1.82, 2.24) is 4.90 Å². The molecule has 0 aliphatic carbocycles. The fourth-order valence-electron chi connectivity index (χ4n) is 1.14. The minimum Gasteiger partial charge on any atom is -0.457 e. The first-order valence-corrected chi connectivity index (χ1v) is 3.63. The molecule has 1 aliphatic rings. The van der Waals surface area contributed by atoms with Gasteiger partial charge >= 0.3 is 0 Å². The van der Waals surface area contributed by atoms with Crippen molar-refractivity contribution in [2.45, 2.75) is 19.0 Å². The third-order valence-corrected chi connectivity index (χ3v) is 1.69. The molecule has 1 rings (SSSR count). The highest BCUT2D eigenvalue weighted by Gasteiger charge is 2.17. The second-order valence-electron chi connectivity index (χ2n) is 2.71. The molecule has 0 unspecified atom stereocenters. The number of halogens is 2. The molecule has 0 aromatic rings. The summed E-state index contributed by atoms with van der Waals surface area (Å²) >= 11 is 0. The second kappa shape index (κ2) is 3.97. The lowest BCUT2D eigenvalue weighted by molar-refractivity contribution is -0.0186. The van der Waals surface area contributed by atoms with E-state index < -0.39 is 13.0 Å². The summed E-state index contributed by atoms with van der Waals surface area (Å²) in [6, 6.07) is 0. The van der Waals surface area contributed by atoms with Crippen LogP contribution in [0.2, 0.25) is 0 Å². The van der Waals surface area contributed by atoms with Gasteiger partial charge in [-0.2, -0.15) is 0 Å². The van der Waals surface area contributed by atoms with Gasteiger partial charge < -0.3 is 9.64 Å². The van der Waals surface area contributed by atoms with Gasteiger partial charge in [0, 0.05) is 0 Å². The van der Waals surface area contributed by atoms with Crippen molar-refractivity contribution < 1.29 is 13.5 Å². The number of hydrogen-bond donors (Lipinski definition) is 0. The summed E-state index contributed by atoms with van der Waals surface area (Å²) in [5.74, 6) is 0. The van der Waals surface area contributed by atoms with Gasteiger partial charge in [0.1, 0.15) is 6.61 Å². The van der Waals surface area contributed by atoms with Crippen molar-refractivity contribution in [2.24, 2.45) is 0 Å². The number of rotatable bonds is 3. The van der Waals surface area contributed by atoms with Crippen LogP contribution in [0.5, 0.6) is 0 Å². The van der Waals surface area contributed by atoms with Crippen molar-refractivity contribution >= 4 is 0 Å². The summed E-state index contributed by atoms with van der Waals surface area (Å²) < 4.78 is 28.2. The average Bonchev–Trinajstić information content (AvgIpc) is 2.31. The predicted octanol–water partition coefficient (Wildman–Crippen LogP) is 1.13. The zero-order chi connectivity index (χ0) is 8.27. The Morgan fingerprint density at radius 3 is 2.82 bits per heavy atom. The maximum absolute atomic E-state index is 11.6. The Morgan fingerprint density at radius 1 is 1.64 bits per heavy atom. The highest BCUT2D eigenvalue weighted by atomic mass is 19.3. The SMILES string of the molecule is [CH2-]N1CC[C@H](OCC(F)F)C1. The number of likely N-dealkylation sites (tertiary alicyclic amines) is 1. The molecule has 1 atom stereocenters. The van der Waals surface area contributed by atoms with Gasteiger partial charge in [-0.3, -0.25) is 7.05 Å². The highest BCUT2D eigenvalue weighted by Crippen LogP contribution is 2.11. The van der Waals surface area contributed by atoms with Gasteiger partial charge in [0.25, 0.3) is 6.43 Å². The summed E-state index contributed by atoms with van der Waals surface area (Å²) in [7, 11) is 3.68. The van der Waals surface area contributed by atoms with E-state index in [0.717, 1.165) is 13.0 Å². The Kier molecular flexibility index (Phi) is 3.20. The van der Waals surface area contributed by atoms with E-state index >= 15 is 0 Å². The van der Waals surface area contributed by atoms with Crippen LogP contribution in [0.3, 0.4) is 0 Å². The first kappa shape index (κ1) is 8.87. The maximum atomic E-state index is 11.6.